The van der Waals surface area contributed by atoms with Crippen LogP contribution in [-0.2, 0) is 16.4 Å². The van der Waals surface area contributed by atoms with E-state index in [0.29, 0.717) is 4.47 Å². The van der Waals surface area contributed by atoms with Crippen LogP contribution in [0.2, 0.25) is 0 Å². The number of allylic oxidation sites excluding steroid dienone is 1. The van der Waals surface area contributed by atoms with E-state index in [9.17, 15) is 18.3 Å². The van der Waals surface area contributed by atoms with Crippen molar-refractivity contribution in [3.05, 3.63) is 128 Å². The van der Waals surface area contributed by atoms with Gasteiger partial charge in [0.05, 0.1) is 21.9 Å². The summed E-state index contributed by atoms with van der Waals surface area (Å²) < 4.78 is 66.1. The number of anilines is 2. The van der Waals surface area contributed by atoms with Gasteiger partial charge in [0.1, 0.15) is 41.5 Å². The number of phenolic OH excluding ortho intramolecular Hbond substituents is 1. The molecule has 2 aliphatic rings. The average Bonchev–Trinajstić information content (AvgIpc) is 3.11. The number of hydrogen-bond acceptors (Lipinski definition) is 6. The molecule has 0 fully saturated rings. The van der Waals surface area contributed by atoms with Crippen LogP contribution in [0.1, 0.15) is 47.8 Å². The van der Waals surface area contributed by atoms with Gasteiger partial charge < -0.3 is 15.2 Å². The Morgan fingerprint density at radius 2 is 1.78 bits per heavy atom. The smallest absolute Gasteiger partial charge is 0.262 e. The fraction of sp³-hybridized carbons (Fsp3) is 0.206. The highest BCUT2D eigenvalue weighted by atomic mass is 79.9. The van der Waals surface area contributed by atoms with Crippen molar-refractivity contribution < 1.29 is 31.8 Å². The van der Waals surface area contributed by atoms with Crippen molar-refractivity contribution in [3.63, 3.8) is 0 Å². The number of aromatic hydroxyl groups is 1. The molecule has 0 radical (unpaired) electrons. The molecule has 0 saturated carbocycles. The standard InChI is InChI=1S/C34H29BrF2N2O5S/c1-34(2)17-27-32(45(42,43)19-34)31(23-14-12-22(16-26(23)37)44-18-20-7-4-3-5-8-20)39(28-9-6-10-29(40)30(28)38-27)33(41)24-13-11-21(35)15-25(24)36/h3-16,31,38,40H,17-19H2,1-2H3. The SMILES string of the molecule is CC1(C)CC2=C(C(c3ccc(OCc4ccccc4)cc3F)N(C(=O)c3ccc(Br)cc3F)c3cccc(O)c3N2)S(=O)(=O)C1. The highest BCUT2D eigenvalue weighted by molar-refractivity contribution is 9.10. The van der Waals surface area contributed by atoms with Crippen molar-refractivity contribution in [2.45, 2.75) is 32.9 Å². The number of sulfone groups is 1. The van der Waals surface area contributed by atoms with Gasteiger partial charge in [0.15, 0.2) is 9.84 Å². The number of nitrogens with one attached hydrogen (secondary N) is 1. The summed E-state index contributed by atoms with van der Waals surface area (Å²) in [6.45, 7) is 3.76. The Hall–Kier alpha value is -4.22. The Balaban J connectivity index is 1.57. The van der Waals surface area contributed by atoms with E-state index in [1.807, 2.05) is 30.3 Å². The number of hydrogen-bond donors (Lipinski definition) is 2. The highest BCUT2D eigenvalue weighted by Crippen LogP contribution is 2.52. The zero-order valence-corrected chi connectivity index (χ0v) is 26.8. The van der Waals surface area contributed by atoms with Gasteiger partial charge in [-0.1, -0.05) is 66.2 Å². The predicted molar refractivity (Wildman–Crippen MR) is 172 cm³/mol. The van der Waals surface area contributed by atoms with Crippen LogP contribution in [0, 0.1) is 17.0 Å². The molecule has 6 rings (SSSR count). The number of fused-ring (bicyclic) bond motifs is 1. The number of halogens is 3. The third-order valence-electron chi connectivity index (χ3n) is 7.83. The Morgan fingerprint density at radius 3 is 2.49 bits per heavy atom. The van der Waals surface area contributed by atoms with Crippen molar-refractivity contribution in [2.75, 3.05) is 16.0 Å². The minimum Gasteiger partial charge on any atom is -0.506 e. The Morgan fingerprint density at radius 1 is 1.02 bits per heavy atom. The number of amides is 1. The number of rotatable bonds is 5. The second kappa shape index (κ2) is 11.6. The second-order valence-corrected chi connectivity index (χ2v) is 14.8. The van der Waals surface area contributed by atoms with Gasteiger partial charge in [0.25, 0.3) is 5.91 Å². The summed E-state index contributed by atoms with van der Waals surface area (Å²) in [5, 5.41) is 14.0. The fourth-order valence-corrected chi connectivity index (χ4v) is 8.65. The minimum atomic E-state index is -4.14. The average molecular weight is 696 g/mol. The van der Waals surface area contributed by atoms with Crippen molar-refractivity contribution in [3.8, 4) is 11.5 Å². The van der Waals surface area contributed by atoms with E-state index >= 15 is 8.78 Å². The topological polar surface area (TPSA) is 95.9 Å². The largest absolute Gasteiger partial charge is 0.506 e. The molecule has 7 nitrogen and oxygen atoms in total. The summed E-state index contributed by atoms with van der Waals surface area (Å²) in [7, 11) is -4.14. The molecular formula is C34H29BrF2N2O5S. The van der Waals surface area contributed by atoms with E-state index in [2.05, 4.69) is 21.2 Å². The summed E-state index contributed by atoms with van der Waals surface area (Å²) >= 11 is 3.20. The van der Waals surface area contributed by atoms with Gasteiger partial charge in [0, 0.05) is 21.8 Å². The number of carbonyl (C=O) groups excluding carboxylic acids is 1. The maximum absolute atomic E-state index is 16.3. The third-order valence-corrected chi connectivity index (χ3v) is 10.6. The molecular weight excluding hydrogens is 666 g/mol. The summed E-state index contributed by atoms with van der Waals surface area (Å²) in [6.07, 6.45) is 0.223. The Labute approximate surface area is 268 Å². The van der Waals surface area contributed by atoms with Crippen molar-refractivity contribution in [1.29, 1.82) is 0 Å². The molecule has 232 valence electrons. The van der Waals surface area contributed by atoms with Crippen LogP contribution in [0.4, 0.5) is 20.2 Å². The Kier molecular flexibility index (Phi) is 7.94. The molecule has 0 saturated heterocycles. The molecule has 1 amide bonds. The van der Waals surface area contributed by atoms with Gasteiger partial charge in [-0.2, -0.15) is 0 Å². The first-order chi connectivity index (χ1) is 21.3. The zero-order chi connectivity index (χ0) is 32.1. The lowest BCUT2D eigenvalue weighted by Crippen LogP contribution is -2.41. The molecule has 2 heterocycles. The quantitative estimate of drug-likeness (QED) is 0.206. The van der Waals surface area contributed by atoms with Crippen molar-refractivity contribution in [2.24, 2.45) is 5.41 Å². The molecule has 0 bridgehead atoms. The molecule has 4 aromatic rings. The lowest BCUT2D eigenvalue weighted by atomic mass is 9.88. The predicted octanol–water partition coefficient (Wildman–Crippen LogP) is 7.88. The van der Waals surface area contributed by atoms with E-state index in [1.54, 1.807) is 13.8 Å². The van der Waals surface area contributed by atoms with E-state index in [4.69, 9.17) is 4.74 Å². The van der Waals surface area contributed by atoms with E-state index in [-0.39, 0.29) is 63.4 Å². The van der Waals surface area contributed by atoms with Crippen LogP contribution in [0.15, 0.2) is 100 Å². The van der Waals surface area contributed by atoms with Crippen molar-refractivity contribution >= 4 is 43.0 Å². The van der Waals surface area contributed by atoms with Crippen molar-refractivity contribution in [1.82, 2.24) is 0 Å². The molecule has 0 spiro atoms. The minimum absolute atomic E-state index is 0.0505. The maximum atomic E-state index is 16.3. The van der Waals surface area contributed by atoms with Gasteiger partial charge in [-0.25, -0.2) is 17.2 Å². The molecule has 4 aromatic carbocycles. The molecule has 2 aliphatic heterocycles. The molecule has 2 N–H and O–H groups in total. The summed E-state index contributed by atoms with van der Waals surface area (Å²) in [5.74, 6) is -2.94. The molecule has 1 atom stereocenters. The number of benzene rings is 4. The molecule has 11 heteroatoms. The second-order valence-electron chi connectivity index (χ2n) is 11.9. The third kappa shape index (κ3) is 5.94. The summed E-state index contributed by atoms with van der Waals surface area (Å²) in [4.78, 5) is 15.2. The number of nitrogens with zero attached hydrogens (tertiary/aromatic N) is 1. The number of phenols is 1. The van der Waals surface area contributed by atoms with Gasteiger partial charge in [-0.15, -0.1) is 0 Å². The van der Waals surface area contributed by atoms with Gasteiger partial charge in [-0.3, -0.25) is 9.69 Å². The molecule has 45 heavy (non-hydrogen) atoms. The van der Waals surface area contributed by atoms with E-state index in [1.165, 1.54) is 42.5 Å². The monoisotopic (exact) mass is 694 g/mol. The summed E-state index contributed by atoms with van der Waals surface area (Å²) in [5.41, 5.74) is -0.0283. The summed E-state index contributed by atoms with van der Waals surface area (Å²) in [6, 6.07) is 20.0. The zero-order valence-electron chi connectivity index (χ0n) is 24.4. The number of ether oxygens (including phenoxy) is 1. The van der Waals surface area contributed by atoms with Crippen LogP contribution < -0.4 is 15.0 Å². The first-order valence-electron chi connectivity index (χ1n) is 14.1. The number of carbonyl (C=O) groups is 1. The van der Waals surface area contributed by atoms with Crippen LogP contribution in [-0.4, -0.2) is 25.2 Å². The molecule has 0 aromatic heterocycles. The fourth-order valence-electron chi connectivity index (χ4n) is 5.96. The van der Waals surface area contributed by atoms with Gasteiger partial charge >= 0.3 is 0 Å². The first-order valence-corrected chi connectivity index (χ1v) is 16.6. The van der Waals surface area contributed by atoms with Gasteiger partial charge in [-0.05, 0) is 59.9 Å². The normalized spacial score (nSPS) is 18.3. The lowest BCUT2D eigenvalue weighted by molar-refractivity contribution is 0.0976. The molecule has 0 aliphatic carbocycles. The Bertz CT molecular complexity index is 1960. The lowest BCUT2D eigenvalue weighted by Gasteiger charge is -2.37. The van der Waals surface area contributed by atoms with Crippen LogP contribution in [0.25, 0.3) is 0 Å². The van der Waals surface area contributed by atoms with Gasteiger partial charge in [0.2, 0.25) is 0 Å². The highest BCUT2D eigenvalue weighted by Gasteiger charge is 2.48. The maximum Gasteiger partial charge on any atom is 0.262 e. The first kappa shape index (κ1) is 30.8. The van der Waals surface area contributed by atoms with Crippen LogP contribution in [0.3, 0.4) is 0 Å². The van der Waals surface area contributed by atoms with Crippen LogP contribution >= 0.6 is 15.9 Å². The van der Waals surface area contributed by atoms with E-state index < -0.39 is 38.8 Å². The van der Waals surface area contributed by atoms with E-state index in [0.717, 1.165) is 22.6 Å². The number of para-hydroxylation sites is 1. The van der Waals surface area contributed by atoms with Crippen LogP contribution in [0.5, 0.6) is 11.5 Å². The molecule has 1 unspecified atom stereocenters.